The van der Waals surface area contributed by atoms with Crippen molar-refractivity contribution in [2.24, 2.45) is 10.8 Å². The van der Waals surface area contributed by atoms with Gasteiger partial charge in [-0.3, -0.25) is 0 Å². The molecule has 0 fully saturated rings. The van der Waals surface area contributed by atoms with Crippen LogP contribution in [0.15, 0.2) is 29.9 Å². The highest BCUT2D eigenvalue weighted by molar-refractivity contribution is 5.83. The van der Waals surface area contributed by atoms with Crippen LogP contribution in [0.25, 0.3) is 0 Å². The van der Waals surface area contributed by atoms with Crippen LogP contribution in [-0.4, -0.2) is 25.5 Å². The number of terminal acetylenes is 1. The molecule has 6 nitrogen and oxygen atoms in total. The van der Waals surface area contributed by atoms with Gasteiger partial charge >= 0.3 is 6.03 Å². The Kier molecular flexibility index (Phi) is 7.06. The Morgan fingerprint density at radius 3 is 2.91 bits per heavy atom. The summed E-state index contributed by atoms with van der Waals surface area (Å²) in [5.41, 5.74) is 8.67. The number of nitrogens with zero attached hydrogens (tertiary/aromatic N) is 1. The molecule has 3 N–H and O–H groups in total. The van der Waals surface area contributed by atoms with Crippen molar-refractivity contribution in [1.29, 1.82) is 0 Å². The number of ether oxygens (including phenoxy) is 2. The van der Waals surface area contributed by atoms with E-state index in [1.807, 2.05) is 13.0 Å². The molecule has 0 aromatic heterocycles. The normalized spacial score (nSPS) is 10.0. The molecular formula is C16H19N3O3. The van der Waals surface area contributed by atoms with Gasteiger partial charge in [-0.25, -0.2) is 10.2 Å². The molecule has 0 heterocycles. The topological polar surface area (TPSA) is 85.9 Å². The number of nitrogens with one attached hydrogen (secondary N) is 1. The Hall–Kier alpha value is -2.94. The summed E-state index contributed by atoms with van der Waals surface area (Å²) in [7, 11) is 0. The van der Waals surface area contributed by atoms with E-state index in [1.54, 1.807) is 12.1 Å². The van der Waals surface area contributed by atoms with Gasteiger partial charge in [0.05, 0.1) is 12.8 Å². The quantitative estimate of drug-likeness (QED) is 0.332. The lowest BCUT2D eigenvalue weighted by Gasteiger charge is -2.15. The first-order valence-corrected chi connectivity index (χ1v) is 6.67. The number of hydrogen-bond donors (Lipinski definition) is 2. The van der Waals surface area contributed by atoms with E-state index in [2.05, 4.69) is 23.0 Å². The van der Waals surface area contributed by atoms with Gasteiger partial charge in [-0.15, -0.1) is 13.0 Å². The van der Waals surface area contributed by atoms with Crippen LogP contribution in [0.3, 0.4) is 0 Å². The fourth-order valence-corrected chi connectivity index (χ4v) is 1.78. The number of primary amides is 1. The van der Waals surface area contributed by atoms with Crippen molar-refractivity contribution in [2.45, 2.75) is 13.3 Å². The van der Waals surface area contributed by atoms with Gasteiger partial charge in [0.25, 0.3) is 0 Å². The molecule has 0 spiro atoms. The van der Waals surface area contributed by atoms with Crippen molar-refractivity contribution in [2.75, 3.05) is 13.2 Å². The zero-order chi connectivity index (χ0) is 16.4. The lowest BCUT2D eigenvalue weighted by molar-refractivity contribution is 0.249. The molecule has 116 valence electrons. The zero-order valence-corrected chi connectivity index (χ0v) is 12.5. The summed E-state index contributed by atoms with van der Waals surface area (Å²) in [6.07, 6.45) is 9.02. The smallest absolute Gasteiger partial charge is 0.332 e. The van der Waals surface area contributed by atoms with Crippen molar-refractivity contribution >= 4 is 12.2 Å². The minimum atomic E-state index is -0.735. The maximum Gasteiger partial charge on any atom is 0.332 e. The molecule has 6 heteroatoms. The summed E-state index contributed by atoms with van der Waals surface area (Å²) in [6.45, 7) is 6.20. The molecular weight excluding hydrogens is 282 g/mol. The van der Waals surface area contributed by atoms with Gasteiger partial charge in [-0.05, 0) is 31.0 Å². The van der Waals surface area contributed by atoms with Crippen molar-refractivity contribution in [3.05, 3.63) is 35.9 Å². The highest BCUT2D eigenvalue weighted by Gasteiger charge is 2.12. The SMILES string of the molecule is C#CCOc1c(CC=C)cc(C=NNC(N)=O)cc1OCC. The van der Waals surface area contributed by atoms with Crippen LogP contribution in [0.1, 0.15) is 18.1 Å². The molecule has 2 amide bonds. The summed E-state index contributed by atoms with van der Waals surface area (Å²) in [6, 6.07) is 2.86. The molecule has 0 radical (unpaired) electrons. The monoisotopic (exact) mass is 301 g/mol. The van der Waals surface area contributed by atoms with Crippen LogP contribution >= 0.6 is 0 Å². The molecule has 0 unspecified atom stereocenters. The van der Waals surface area contributed by atoms with E-state index in [0.29, 0.717) is 24.5 Å². The van der Waals surface area contributed by atoms with E-state index < -0.39 is 6.03 Å². The van der Waals surface area contributed by atoms with E-state index in [1.165, 1.54) is 6.21 Å². The Balaban J connectivity index is 3.20. The summed E-state index contributed by atoms with van der Waals surface area (Å²) in [5, 5.41) is 3.73. The van der Waals surface area contributed by atoms with Gasteiger partial charge in [0.2, 0.25) is 0 Å². The van der Waals surface area contributed by atoms with E-state index in [4.69, 9.17) is 21.6 Å². The van der Waals surface area contributed by atoms with Crippen LogP contribution < -0.4 is 20.6 Å². The van der Waals surface area contributed by atoms with Gasteiger partial charge < -0.3 is 15.2 Å². The number of hydrazone groups is 1. The van der Waals surface area contributed by atoms with Gasteiger partial charge in [-0.2, -0.15) is 5.10 Å². The molecule has 0 aliphatic heterocycles. The number of allylic oxidation sites excluding steroid dienone is 1. The van der Waals surface area contributed by atoms with Crippen molar-refractivity contribution < 1.29 is 14.3 Å². The number of rotatable bonds is 8. The van der Waals surface area contributed by atoms with E-state index >= 15 is 0 Å². The number of carbonyl (C=O) groups excluding carboxylic acids is 1. The van der Waals surface area contributed by atoms with Crippen molar-refractivity contribution in [3.63, 3.8) is 0 Å². The maximum atomic E-state index is 10.6. The van der Waals surface area contributed by atoms with E-state index in [9.17, 15) is 4.79 Å². The van der Waals surface area contributed by atoms with Crippen molar-refractivity contribution in [1.82, 2.24) is 5.43 Å². The third kappa shape index (κ3) is 5.21. The minimum absolute atomic E-state index is 0.140. The number of urea groups is 1. The predicted octanol–water partition coefficient (Wildman–Crippen LogP) is 1.83. The van der Waals surface area contributed by atoms with Crippen molar-refractivity contribution in [3.8, 4) is 23.8 Å². The Morgan fingerprint density at radius 2 is 2.32 bits per heavy atom. The van der Waals surface area contributed by atoms with Gasteiger partial charge in [0.15, 0.2) is 11.5 Å². The molecule has 1 rings (SSSR count). The molecule has 0 aliphatic carbocycles. The highest BCUT2D eigenvalue weighted by Crippen LogP contribution is 2.33. The number of benzene rings is 1. The van der Waals surface area contributed by atoms with Gasteiger partial charge in [-0.1, -0.05) is 12.0 Å². The summed E-state index contributed by atoms with van der Waals surface area (Å²) in [4.78, 5) is 10.6. The Labute approximate surface area is 130 Å². The van der Waals surface area contributed by atoms with Crippen LogP contribution in [0, 0.1) is 12.3 Å². The molecule has 22 heavy (non-hydrogen) atoms. The zero-order valence-electron chi connectivity index (χ0n) is 12.5. The Bertz CT molecular complexity index is 603. The van der Waals surface area contributed by atoms with E-state index in [0.717, 1.165) is 11.1 Å². The number of hydrogen-bond acceptors (Lipinski definition) is 4. The Morgan fingerprint density at radius 1 is 1.55 bits per heavy atom. The predicted molar refractivity (Wildman–Crippen MR) is 86.2 cm³/mol. The number of amides is 2. The highest BCUT2D eigenvalue weighted by atomic mass is 16.5. The second-order valence-corrected chi connectivity index (χ2v) is 4.16. The fourth-order valence-electron chi connectivity index (χ4n) is 1.78. The largest absolute Gasteiger partial charge is 0.490 e. The minimum Gasteiger partial charge on any atom is -0.490 e. The fraction of sp³-hybridized carbons (Fsp3) is 0.250. The lowest BCUT2D eigenvalue weighted by atomic mass is 10.1. The first-order chi connectivity index (χ1) is 10.6. The molecule has 0 aliphatic rings. The first-order valence-electron chi connectivity index (χ1n) is 6.67. The second kappa shape index (κ2) is 9.08. The number of carbonyl (C=O) groups is 1. The maximum absolute atomic E-state index is 10.6. The molecule has 0 bridgehead atoms. The number of nitrogens with two attached hydrogens (primary N) is 1. The van der Waals surface area contributed by atoms with Crippen LogP contribution in [-0.2, 0) is 6.42 Å². The average molecular weight is 301 g/mol. The van der Waals surface area contributed by atoms with Crippen LogP contribution in [0.5, 0.6) is 11.5 Å². The third-order valence-corrected chi connectivity index (χ3v) is 2.51. The third-order valence-electron chi connectivity index (χ3n) is 2.51. The molecule has 0 saturated carbocycles. The summed E-state index contributed by atoms with van der Waals surface area (Å²) < 4.78 is 11.2. The summed E-state index contributed by atoms with van der Waals surface area (Å²) >= 11 is 0. The van der Waals surface area contributed by atoms with E-state index in [-0.39, 0.29) is 6.61 Å². The standard InChI is InChI=1S/C16H19N3O3/c1-4-7-13-9-12(11-18-19-16(17)20)10-14(21-6-3)15(13)22-8-5-2/h2,4,9-11H,1,6-8H2,3H3,(H3,17,19,20). The molecule has 1 aromatic carbocycles. The van der Waals surface area contributed by atoms with Gasteiger partial charge in [0, 0.05) is 5.56 Å². The second-order valence-electron chi connectivity index (χ2n) is 4.16. The molecule has 0 saturated heterocycles. The van der Waals surface area contributed by atoms with Crippen LogP contribution in [0.2, 0.25) is 0 Å². The van der Waals surface area contributed by atoms with Gasteiger partial charge in [0.1, 0.15) is 6.61 Å². The molecule has 0 atom stereocenters. The van der Waals surface area contributed by atoms with Crippen LogP contribution in [0.4, 0.5) is 4.79 Å². The average Bonchev–Trinajstić information content (AvgIpc) is 2.47. The lowest BCUT2D eigenvalue weighted by Crippen LogP contribution is -2.24. The molecule has 1 aromatic rings. The first kappa shape index (κ1) is 17.1. The summed E-state index contributed by atoms with van der Waals surface area (Å²) in [5.74, 6) is 3.56.